The molecule has 33 heavy (non-hydrogen) atoms. The van der Waals surface area contributed by atoms with Gasteiger partial charge in [-0.25, -0.2) is 0 Å². The summed E-state index contributed by atoms with van der Waals surface area (Å²) in [6, 6.07) is 41.2. The SMILES string of the molecule is [C]1N2[C@H](c3ccccc3)Cc3ccccc3[C@H]2[C@@H]2c3ccccc3C[C@@H](c3ccccc3)N12. The van der Waals surface area contributed by atoms with Gasteiger partial charge in [-0.15, -0.1) is 0 Å². The first-order chi connectivity index (χ1) is 16.4. The Kier molecular flexibility index (Phi) is 4.49. The Bertz CT molecular complexity index is 1180. The lowest BCUT2D eigenvalue weighted by Gasteiger charge is -2.42. The lowest BCUT2D eigenvalue weighted by Crippen LogP contribution is -2.35. The van der Waals surface area contributed by atoms with Crippen molar-refractivity contribution in [3.05, 3.63) is 149 Å². The molecule has 1 saturated heterocycles. The van der Waals surface area contributed by atoms with Crippen molar-refractivity contribution in [2.24, 2.45) is 0 Å². The molecule has 3 aliphatic rings. The highest BCUT2D eigenvalue weighted by Crippen LogP contribution is 2.58. The van der Waals surface area contributed by atoms with Crippen LogP contribution >= 0.6 is 0 Å². The molecule has 0 N–H and O–H groups in total. The van der Waals surface area contributed by atoms with E-state index < -0.39 is 0 Å². The molecule has 7 rings (SSSR count). The van der Waals surface area contributed by atoms with Crippen LogP contribution in [0.25, 0.3) is 0 Å². The van der Waals surface area contributed by atoms with E-state index in [-0.39, 0.29) is 12.1 Å². The van der Waals surface area contributed by atoms with E-state index in [1.54, 1.807) is 0 Å². The van der Waals surface area contributed by atoms with E-state index in [0.29, 0.717) is 12.1 Å². The maximum absolute atomic E-state index is 3.94. The zero-order valence-corrected chi connectivity index (χ0v) is 18.5. The molecule has 0 aromatic heterocycles. The maximum atomic E-state index is 3.94. The number of fused-ring (bicyclic) bond motifs is 7. The van der Waals surface area contributed by atoms with Crippen LogP contribution in [-0.2, 0) is 12.8 Å². The Balaban J connectivity index is 1.42. The number of rotatable bonds is 2. The predicted molar refractivity (Wildman–Crippen MR) is 131 cm³/mol. The summed E-state index contributed by atoms with van der Waals surface area (Å²) in [5, 5.41) is 0. The van der Waals surface area contributed by atoms with Crippen LogP contribution < -0.4 is 0 Å². The summed E-state index contributed by atoms with van der Waals surface area (Å²) in [5.41, 5.74) is 8.58. The summed E-state index contributed by atoms with van der Waals surface area (Å²) in [6.45, 7) is 3.94. The number of nitrogens with zero attached hydrogens (tertiary/aromatic N) is 2. The third kappa shape index (κ3) is 3.02. The van der Waals surface area contributed by atoms with E-state index >= 15 is 0 Å². The maximum Gasteiger partial charge on any atom is 0.148 e. The largest absolute Gasteiger partial charge is 0.263 e. The van der Waals surface area contributed by atoms with Gasteiger partial charge in [0.1, 0.15) is 6.67 Å². The average molecular weight is 427 g/mol. The zero-order chi connectivity index (χ0) is 21.8. The monoisotopic (exact) mass is 426 g/mol. The number of hydrogen-bond acceptors (Lipinski definition) is 2. The van der Waals surface area contributed by atoms with Crippen molar-refractivity contribution < 1.29 is 0 Å². The second-order valence-corrected chi connectivity index (χ2v) is 9.46. The minimum atomic E-state index is 0.257. The highest BCUT2D eigenvalue weighted by molar-refractivity contribution is 5.45. The van der Waals surface area contributed by atoms with Gasteiger partial charge in [0.05, 0.1) is 12.1 Å². The lowest BCUT2D eigenvalue weighted by molar-refractivity contribution is 0.181. The molecule has 0 aliphatic carbocycles. The molecule has 0 spiro atoms. The van der Waals surface area contributed by atoms with Crippen molar-refractivity contribution >= 4 is 0 Å². The Morgan fingerprint density at radius 1 is 0.485 bits per heavy atom. The van der Waals surface area contributed by atoms with Gasteiger partial charge >= 0.3 is 0 Å². The van der Waals surface area contributed by atoms with Crippen LogP contribution in [0, 0.1) is 6.67 Å². The first-order valence-electron chi connectivity index (χ1n) is 12.0. The molecule has 4 aromatic carbocycles. The normalized spacial score (nSPS) is 26.2. The van der Waals surface area contributed by atoms with Crippen LogP contribution in [0.15, 0.2) is 109 Å². The second kappa shape index (κ2) is 7.69. The standard InChI is InChI=1S/C31H26N2/c1-3-11-22(12-4-1)28-19-24-15-7-9-17-26(24)30-31-27-18-10-8-16-25(27)20-29(33(31)21-32(28)30)23-13-5-2-6-14-23/h1-18,28-31H,19-20H2/t28-,29-,30-,31-/m0/s1. The molecule has 0 bridgehead atoms. The smallest absolute Gasteiger partial charge is 0.148 e. The van der Waals surface area contributed by atoms with Crippen LogP contribution in [0.5, 0.6) is 0 Å². The number of hydrogen-bond donors (Lipinski definition) is 0. The predicted octanol–water partition coefficient (Wildman–Crippen LogP) is 6.68. The van der Waals surface area contributed by atoms with Crippen LogP contribution in [0.4, 0.5) is 0 Å². The fourth-order valence-corrected chi connectivity index (χ4v) is 6.27. The van der Waals surface area contributed by atoms with E-state index in [4.69, 9.17) is 0 Å². The molecule has 4 aromatic rings. The average Bonchev–Trinajstić information content (AvgIpc) is 3.30. The van der Waals surface area contributed by atoms with E-state index in [1.807, 2.05) is 0 Å². The van der Waals surface area contributed by atoms with Crippen LogP contribution in [0.2, 0.25) is 0 Å². The van der Waals surface area contributed by atoms with Crippen LogP contribution in [-0.4, -0.2) is 9.80 Å². The van der Waals surface area contributed by atoms with E-state index in [9.17, 15) is 0 Å². The van der Waals surface area contributed by atoms with Gasteiger partial charge in [-0.2, -0.15) is 0 Å². The molecule has 160 valence electrons. The summed E-state index contributed by atoms with van der Waals surface area (Å²) < 4.78 is 0. The van der Waals surface area contributed by atoms with Gasteiger partial charge in [0, 0.05) is 12.1 Å². The molecular formula is C31H26N2. The zero-order valence-electron chi connectivity index (χ0n) is 18.5. The second-order valence-electron chi connectivity index (χ2n) is 9.46. The third-order valence-electron chi connectivity index (χ3n) is 7.74. The summed E-state index contributed by atoms with van der Waals surface area (Å²) in [4.78, 5) is 5.08. The summed E-state index contributed by atoms with van der Waals surface area (Å²) in [6.07, 6.45) is 2.03. The quantitative estimate of drug-likeness (QED) is 0.353. The molecule has 0 saturated carbocycles. The first-order valence-corrected chi connectivity index (χ1v) is 12.0. The Morgan fingerprint density at radius 2 is 0.879 bits per heavy atom. The highest BCUT2D eigenvalue weighted by Gasteiger charge is 2.53. The fourth-order valence-electron chi connectivity index (χ4n) is 6.27. The van der Waals surface area contributed by atoms with Crippen molar-refractivity contribution in [1.29, 1.82) is 0 Å². The summed E-state index contributed by atoms with van der Waals surface area (Å²) in [7, 11) is 0. The van der Waals surface area contributed by atoms with E-state index in [1.165, 1.54) is 33.4 Å². The van der Waals surface area contributed by atoms with Crippen LogP contribution in [0.1, 0.15) is 57.5 Å². The van der Waals surface area contributed by atoms with Gasteiger partial charge in [-0.05, 0) is 46.2 Å². The molecule has 3 heterocycles. The molecule has 3 aliphatic heterocycles. The third-order valence-corrected chi connectivity index (χ3v) is 7.74. The first kappa shape index (κ1) is 19.3. The molecule has 4 atom stereocenters. The highest BCUT2D eigenvalue weighted by atomic mass is 15.4. The Morgan fingerprint density at radius 3 is 1.33 bits per heavy atom. The van der Waals surface area contributed by atoms with Crippen molar-refractivity contribution in [2.75, 3.05) is 0 Å². The molecule has 2 heteroatoms. The van der Waals surface area contributed by atoms with Crippen molar-refractivity contribution in [1.82, 2.24) is 9.80 Å². The molecule has 0 amide bonds. The van der Waals surface area contributed by atoms with Gasteiger partial charge in [0.25, 0.3) is 0 Å². The topological polar surface area (TPSA) is 6.48 Å². The van der Waals surface area contributed by atoms with E-state index in [0.717, 1.165) is 12.8 Å². The minimum Gasteiger partial charge on any atom is -0.263 e. The molecule has 0 unspecified atom stereocenters. The molecule has 2 nitrogen and oxygen atoms in total. The fraction of sp³-hybridized carbons (Fsp3) is 0.194. The Hall–Kier alpha value is -3.20. The molecule has 2 radical (unpaired) electrons. The Labute approximate surface area is 196 Å². The number of benzene rings is 4. The van der Waals surface area contributed by atoms with Gasteiger partial charge in [-0.1, -0.05) is 109 Å². The lowest BCUT2D eigenvalue weighted by atomic mass is 9.78. The van der Waals surface area contributed by atoms with Crippen LogP contribution in [0.3, 0.4) is 0 Å². The summed E-state index contributed by atoms with van der Waals surface area (Å²) >= 11 is 0. The van der Waals surface area contributed by atoms with Gasteiger partial charge in [-0.3, -0.25) is 9.80 Å². The van der Waals surface area contributed by atoms with Crippen molar-refractivity contribution in [2.45, 2.75) is 37.0 Å². The summed E-state index contributed by atoms with van der Waals surface area (Å²) in [5.74, 6) is 0. The molecule has 1 fully saturated rings. The van der Waals surface area contributed by atoms with Crippen molar-refractivity contribution in [3.63, 3.8) is 0 Å². The molecular weight excluding hydrogens is 400 g/mol. The van der Waals surface area contributed by atoms with E-state index in [2.05, 4.69) is 126 Å². The van der Waals surface area contributed by atoms with Crippen molar-refractivity contribution in [3.8, 4) is 0 Å². The van der Waals surface area contributed by atoms with Gasteiger partial charge < -0.3 is 0 Å². The minimum absolute atomic E-state index is 0.257. The van der Waals surface area contributed by atoms with Gasteiger partial charge in [0.2, 0.25) is 0 Å². The van der Waals surface area contributed by atoms with Gasteiger partial charge in [0.15, 0.2) is 0 Å².